The molecule has 0 unspecified atom stereocenters. The van der Waals surface area contributed by atoms with Gasteiger partial charge in [0.15, 0.2) is 0 Å². The standard InChI is InChI=1S/4BH3O3.Rh/c4*2-1(3)4;/h4*2-4H;. The van der Waals surface area contributed by atoms with E-state index in [2.05, 4.69) is 0 Å². The van der Waals surface area contributed by atoms with Crippen LogP contribution in [-0.2, 0) is 19.5 Å². The second kappa shape index (κ2) is 25.3. The fourth-order valence-corrected chi connectivity index (χ4v) is 0. The van der Waals surface area contributed by atoms with E-state index in [0.717, 1.165) is 0 Å². The molecule has 0 bridgehead atoms. The normalized spacial score (nSPS) is 6.35. The fraction of sp³-hybridized carbons (Fsp3) is 0. The Morgan fingerprint density at radius 2 is 0.294 bits per heavy atom. The van der Waals surface area contributed by atoms with Crippen molar-refractivity contribution in [2.24, 2.45) is 0 Å². The van der Waals surface area contributed by atoms with E-state index in [9.17, 15) is 0 Å². The minimum Gasteiger partial charge on any atom is -0.402 e. The number of hydrogen-bond acceptors (Lipinski definition) is 12. The van der Waals surface area contributed by atoms with Crippen LogP contribution in [0.25, 0.3) is 0 Å². The molecule has 17 heteroatoms. The summed E-state index contributed by atoms with van der Waals surface area (Å²) >= 11 is 0. The van der Waals surface area contributed by atoms with Gasteiger partial charge in [-0.1, -0.05) is 0 Å². The van der Waals surface area contributed by atoms with E-state index in [1.54, 1.807) is 0 Å². The van der Waals surface area contributed by atoms with Gasteiger partial charge in [0.1, 0.15) is 0 Å². The first-order valence-corrected chi connectivity index (χ1v) is 3.10. The van der Waals surface area contributed by atoms with Crippen LogP contribution in [0.4, 0.5) is 0 Å². The molecule has 12 nitrogen and oxygen atoms in total. The SMILES string of the molecule is OB(O)O.OB(O)O.OB(O)O.OB(O)O.[Rh]. The zero-order valence-corrected chi connectivity index (χ0v) is 9.65. The molecule has 17 heavy (non-hydrogen) atoms. The second-order valence-electron chi connectivity index (χ2n) is 1.39. The van der Waals surface area contributed by atoms with Crippen molar-refractivity contribution in [1.82, 2.24) is 0 Å². The molecule has 12 N–H and O–H groups in total. The van der Waals surface area contributed by atoms with Crippen molar-refractivity contribution < 1.29 is 79.8 Å². The molecular formula is H12B4O12Rh. The molecule has 1 radical (unpaired) electrons. The van der Waals surface area contributed by atoms with E-state index >= 15 is 0 Å². The molecule has 0 aliphatic heterocycles. The zero-order chi connectivity index (χ0) is 14.3. The predicted octanol–water partition coefficient (Wildman–Crippen LogP) is -8.21. The fourth-order valence-electron chi connectivity index (χ4n) is 0. The quantitative estimate of drug-likeness (QED) is 0.182. The van der Waals surface area contributed by atoms with Gasteiger partial charge in [0.25, 0.3) is 0 Å². The molecular weight excluding hydrogens is 338 g/mol. The zero-order valence-electron chi connectivity index (χ0n) is 8.01. The van der Waals surface area contributed by atoms with Gasteiger partial charge in [-0.05, 0) is 0 Å². The van der Waals surface area contributed by atoms with Crippen LogP contribution in [0.15, 0.2) is 0 Å². The van der Waals surface area contributed by atoms with Gasteiger partial charge in [-0.15, -0.1) is 0 Å². The summed E-state index contributed by atoms with van der Waals surface area (Å²) in [6.07, 6.45) is 0. The summed E-state index contributed by atoms with van der Waals surface area (Å²) in [5.41, 5.74) is 0. The molecule has 0 aromatic rings. The monoisotopic (exact) mass is 351 g/mol. The summed E-state index contributed by atoms with van der Waals surface area (Å²) in [5.74, 6) is 0. The van der Waals surface area contributed by atoms with Crippen molar-refractivity contribution in [3.8, 4) is 0 Å². The molecule has 0 aliphatic carbocycles. The summed E-state index contributed by atoms with van der Waals surface area (Å²) in [6, 6.07) is 0. The average molecular weight is 350 g/mol. The van der Waals surface area contributed by atoms with Crippen LogP contribution < -0.4 is 0 Å². The maximum atomic E-state index is 7.17. The van der Waals surface area contributed by atoms with Gasteiger partial charge in [-0.3, -0.25) is 0 Å². The van der Waals surface area contributed by atoms with Crippen molar-refractivity contribution >= 4 is 29.3 Å². The molecule has 105 valence electrons. The Kier molecular flexibility index (Phi) is 45.3. The van der Waals surface area contributed by atoms with Crippen LogP contribution in [-0.4, -0.2) is 89.6 Å². The third-order valence-electron chi connectivity index (χ3n) is 0. The maximum Gasteiger partial charge on any atom is 0.631 e. The summed E-state index contributed by atoms with van der Waals surface area (Å²) in [4.78, 5) is 0. The molecule has 0 amide bonds. The third kappa shape index (κ3) is 20900. The van der Waals surface area contributed by atoms with Crippen molar-refractivity contribution in [3.63, 3.8) is 0 Å². The molecule has 0 aromatic carbocycles. The first kappa shape index (κ1) is 30.4. The molecule has 0 saturated heterocycles. The van der Waals surface area contributed by atoms with Crippen molar-refractivity contribution in [1.29, 1.82) is 0 Å². The van der Waals surface area contributed by atoms with Crippen LogP contribution in [0.5, 0.6) is 0 Å². The third-order valence-corrected chi connectivity index (χ3v) is 0. The predicted molar refractivity (Wildman–Crippen MR) is 49.6 cm³/mol. The van der Waals surface area contributed by atoms with E-state index in [1.807, 2.05) is 0 Å². The smallest absolute Gasteiger partial charge is 0.402 e. The first-order chi connectivity index (χ1) is 6.93. The van der Waals surface area contributed by atoms with E-state index in [1.165, 1.54) is 0 Å². The summed E-state index contributed by atoms with van der Waals surface area (Å²) in [6.45, 7) is 0. The largest absolute Gasteiger partial charge is 0.631 e. The Balaban J connectivity index is -0.0000000369. The molecule has 0 saturated carbocycles. The Labute approximate surface area is 110 Å². The van der Waals surface area contributed by atoms with Crippen LogP contribution >= 0.6 is 0 Å². The number of hydrogen-bond donors (Lipinski definition) is 12. The molecule has 0 rings (SSSR count). The Hall–Kier alpha value is 0.403. The van der Waals surface area contributed by atoms with Gasteiger partial charge in [0.05, 0.1) is 0 Å². The van der Waals surface area contributed by atoms with E-state index < -0.39 is 29.3 Å². The molecule has 0 aliphatic rings. The molecule has 0 atom stereocenters. The molecule has 0 spiro atoms. The average Bonchev–Trinajstić information content (AvgIpc) is 1.76. The Morgan fingerprint density at radius 3 is 0.294 bits per heavy atom. The second-order valence-corrected chi connectivity index (χ2v) is 1.39. The van der Waals surface area contributed by atoms with Gasteiger partial charge in [-0.25, -0.2) is 0 Å². The molecule has 0 heterocycles. The van der Waals surface area contributed by atoms with E-state index in [0.29, 0.717) is 0 Å². The van der Waals surface area contributed by atoms with Gasteiger partial charge < -0.3 is 60.3 Å². The van der Waals surface area contributed by atoms with E-state index in [4.69, 9.17) is 60.3 Å². The van der Waals surface area contributed by atoms with Gasteiger partial charge in [-0.2, -0.15) is 0 Å². The molecule has 0 fully saturated rings. The topological polar surface area (TPSA) is 243 Å². The van der Waals surface area contributed by atoms with Crippen LogP contribution in [0.3, 0.4) is 0 Å². The van der Waals surface area contributed by atoms with Crippen molar-refractivity contribution in [2.45, 2.75) is 0 Å². The van der Waals surface area contributed by atoms with Crippen LogP contribution in [0, 0.1) is 0 Å². The Bertz CT molecular complexity index is 61.5. The minimum absolute atomic E-state index is 0. The summed E-state index contributed by atoms with van der Waals surface area (Å²) < 4.78 is 0. The minimum atomic E-state index is -2.17. The number of rotatable bonds is 0. The summed E-state index contributed by atoms with van der Waals surface area (Å²) in [5, 5.41) is 86.0. The van der Waals surface area contributed by atoms with Gasteiger partial charge >= 0.3 is 29.3 Å². The van der Waals surface area contributed by atoms with Gasteiger partial charge in [0, 0.05) is 19.5 Å². The van der Waals surface area contributed by atoms with Gasteiger partial charge in [0.2, 0.25) is 0 Å². The van der Waals surface area contributed by atoms with Crippen molar-refractivity contribution in [2.75, 3.05) is 0 Å². The van der Waals surface area contributed by atoms with Crippen LogP contribution in [0.2, 0.25) is 0 Å². The Morgan fingerprint density at radius 1 is 0.294 bits per heavy atom. The molecule has 0 aromatic heterocycles. The first-order valence-electron chi connectivity index (χ1n) is 3.10. The van der Waals surface area contributed by atoms with E-state index in [-0.39, 0.29) is 19.5 Å². The van der Waals surface area contributed by atoms with Crippen molar-refractivity contribution in [3.05, 3.63) is 0 Å². The maximum absolute atomic E-state index is 7.17. The van der Waals surface area contributed by atoms with Crippen LogP contribution in [0.1, 0.15) is 0 Å². The summed E-state index contributed by atoms with van der Waals surface area (Å²) in [7, 11) is -8.67.